The number of piperidine rings is 1. The molecule has 0 bridgehead atoms. The van der Waals surface area contributed by atoms with Gasteiger partial charge >= 0.3 is 6.03 Å². The quantitative estimate of drug-likeness (QED) is 0.761. The molecular weight excluding hydrogens is 354 g/mol. The van der Waals surface area contributed by atoms with Gasteiger partial charge in [-0.25, -0.2) is 4.79 Å². The van der Waals surface area contributed by atoms with Crippen molar-refractivity contribution in [1.82, 2.24) is 25.5 Å². The van der Waals surface area contributed by atoms with Gasteiger partial charge < -0.3 is 20.5 Å². The first kappa shape index (κ1) is 18.8. The van der Waals surface area contributed by atoms with Crippen LogP contribution in [-0.2, 0) is 0 Å². The summed E-state index contributed by atoms with van der Waals surface area (Å²) in [6.07, 6.45) is 6.63. The number of amides is 3. The number of aromatic nitrogens is 2. The molecule has 2 aliphatic rings. The minimum atomic E-state index is -0.211. The molecule has 3 amide bonds. The summed E-state index contributed by atoms with van der Waals surface area (Å²) >= 11 is 0. The summed E-state index contributed by atoms with van der Waals surface area (Å²) in [7, 11) is 0. The monoisotopic (exact) mass is 383 g/mol. The van der Waals surface area contributed by atoms with Crippen LogP contribution in [0.5, 0.6) is 0 Å². The Morgan fingerprint density at radius 3 is 2.75 bits per heavy atom. The third kappa shape index (κ3) is 3.84. The molecule has 2 aromatic rings. The van der Waals surface area contributed by atoms with E-state index < -0.39 is 0 Å². The highest BCUT2D eigenvalue weighted by molar-refractivity contribution is 5.97. The smallest absolute Gasteiger partial charge is 0.317 e. The van der Waals surface area contributed by atoms with Crippen LogP contribution in [0.15, 0.2) is 24.5 Å². The van der Waals surface area contributed by atoms with Crippen LogP contribution in [0.4, 0.5) is 4.79 Å². The van der Waals surface area contributed by atoms with Gasteiger partial charge in [0.2, 0.25) is 0 Å². The zero-order valence-corrected chi connectivity index (χ0v) is 16.8. The van der Waals surface area contributed by atoms with Crippen LogP contribution in [0.1, 0.15) is 50.5 Å². The molecule has 7 nitrogen and oxygen atoms in total. The first-order valence-corrected chi connectivity index (χ1v) is 10.0. The molecule has 1 aliphatic carbocycles. The van der Waals surface area contributed by atoms with Crippen molar-refractivity contribution in [2.45, 2.75) is 45.6 Å². The summed E-state index contributed by atoms with van der Waals surface area (Å²) in [5.41, 5.74) is 1.59. The zero-order valence-electron chi connectivity index (χ0n) is 16.8. The third-order valence-corrected chi connectivity index (χ3v) is 6.06. The number of pyridine rings is 1. The van der Waals surface area contributed by atoms with Crippen molar-refractivity contribution in [1.29, 1.82) is 0 Å². The van der Waals surface area contributed by atoms with Gasteiger partial charge in [-0.2, -0.15) is 0 Å². The fraction of sp³-hybridized carbons (Fsp3) is 0.571. The van der Waals surface area contributed by atoms with Crippen molar-refractivity contribution in [2.75, 3.05) is 19.6 Å². The van der Waals surface area contributed by atoms with E-state index in [9.17, 15) is 9.59 Å². The van der Waals surface area contributed by atoms with Crippen LogP contribution >= 0.6 is 0 Å². The number of urea groups is 1. The normalized spacial score (nSPS) is 21.0. The predicted molar refractivity (Wildman–Crippen MR) is 108 cm³/mol. The summed E-state index contributed by atoms with van der Waals surface area (Å²) in [5, 5.41) is 7.06. The van der Waals surface area contributed by atoms with Crippen LogP contribution in [0.2, 0.25) is 0 Å². The van der Waals surface area contributed by atoms with E-state index in [1.165, 1.54) is 0 Å². The number of aromatic amines is 1. The highest BCUT2D eigenvalue weighted by Gasteiger charge is 2.54. The molecule has 2 fully saturated rings. The molecule has 150 valence electrons. The molecule has 1 saturated heterocycles. The molecule has 1 unspecified atom stereocenters. The minimum absolute atomic E-state index is 0.0288. The molecule has 1 saturated carbocycles. The van der Waals surface area contributed by atoms with Gasteiger partial charge in [0.1, 0.15) is 5.69 Å². The van der Waals surface area contributed by atoms with E-state index >= 15 is 0 Å². The Balaban J connectivity index is 1.26. The lowest BCUT2D eigenvalue weighted by atomic mass is 9.91. The van der Waals surface area contributed by atoms with Gasteiger partial charge in [-0.05, 0) is 63.5 Å². The Morgan fingerprint density at radius 1 is 1.32 bits per heavy atom. The molecule has 3 N–H and O–H groups in total. The molecule has 1 spiro atoms. The Bertz CT molecular complexity index is 857. The van der Waals surface area contributed by atoms with Gasteiger partial charge in [-0.3, -0.25) is 9.78 Å². The number of nitrogens with zero attached hydrogens (tertiary/aromatic N) is 2. The van der Waals surface area contributed by atoms with Crippen molar-refractivity contribution in [3.05, 3.63) is 30.2 Å². The third-order valence-electron chi connectivity index (χ3n) is 6.06. The second kappa shape index (κ2) is 6.79. The van der Waals surface area contributed by atoms with Crippen LogP contribution in [-0.4, -0.2) is 52.0 Å². The predicted octanol–water partition coefficient (Wildman–Crippen LogP) is 2.90. The van der Waals surface area contributed by atoms with Gasteiger partial charge in [0.25, 0.3) is 5.91 Å². The number of H-pyrrole nitrogens is 1. The van der Waals surface area contributed by atoms with Crippen LogP contribution < -0.4 is 10.6 Å². The topological polar surface area (TPSA) is 90.1 Å². The maximum Gasteiger partial charge on any atom is 0.317 e. The lowest BCUT2D eigenvalue weighted by Crippen LogP contribution is -2.51. The second-order valence-electron chi connectivity index (χ2n) is 9.29. The van der Waals surface area contributed by atoms with Gasteiger partial charge in [-0.1, -0.05) is 0 Å². The average molecular weight is 383 g/mol. The molecule has 0 aromatic carbocycles. The van der Waals surface area contributed by atoms with Crippen LogP contribution in [0.3, 0.4) is 0 Å². The van der Waals surface area contributed by atoms with E-state index in [0.29, 0.717) is 23.6 Å². The van der Waals surface area contributed by atoms with Crippen molar-refractivity contribution in [3.63, 3.8) is 0 Å². The Hall–Kier alpha value is -2.57. The van der Waals surface area contributed by atoms with Gasteiger partial charge in [0, 0.05) is 48.5 Å². The van der Waals surface area contributed by atoms with Crippen LogP contribution in [0, 0.1) is 11.3 Å². The molecule has 7 heteroatoms. The molecule has 1 aliphatic heterocycles. The number of rotatable bonds is 3. The highest BCUT2D eigenvalue weighted by atomic mass is 16.2. The first-order chi connectivity index (χ1) is 13.3. The van der Waals surface area contributed by atoms with E-state index in [4.69, 9.17) is 0 Å². The van der Waals surface area contributed by atoms with Crippen molar-refractivity contribution >= 4 is 22.8 Å². The highest BCUT2D eigenvalue weighted by Crippen LogP contribution is 2.59. The van der Waals surface area contributed by atoms with Crippen molar-refractivity contribution in [2.24, 2.45) is 11.3 Å². The molecular formula is C21H29N5O2. The number of carbonyl (C=O) groups excluding carboxylic acids is 2. The minimum Gasteiger partial charge on any atom is -0.350 e. The standard InChI is InChI=1S/C21H29N5O2/c1-20(2,3)25-19(28)26-8-5-21(6-9-26)11-15(21)13-23-18(27)17-10-14-12-22-7-4-16(14)24-17/h4,7,10,12,15,24H,5-6,8-9,11,13H2,1-3H3,(H,23,27)(H,25,28). The number of carbonyl (C=O) groups is 2. The molecule has 4 rings (SSSR count). The van der Waals surface area contributed by atoms with Crippen molar-refractivity contribution in [3.8, 4) is 0 Å². The van der Waals surface area contributed by atoms with Gasteiger partial charge in [-0.15, -0.1) is 0 Å². The fourth-order valence-corrected chi connectivity index (χ4v) is 4.29. The van der Waals surface area contributed by atoms with E-state index in [1.807, 2.05) is 37.8 Å². The Morgan fingerprint density at radius 2 is 2.07 bits per heavy atom. The number of hydrogen-bond acceptors (Lipinski definition) is 3. The van der Waals surface area contributed by atoms with E-state index in [-0.39, 0.29) is 17.5 Å². The van der Waals surface area contributed by atoms with E-state index in [0.717, 1.165) is 43.3 Å². The summed E-state index contributed by atoms with van der Waals surface area (Å²) in [6, 6.07) is 3.74. The SMILES string of the molecule is CC(C)(C)NC(=O)N1CCC2(CC1)CC2CNC(=O)c1cc2cnccc2[nH]1. The molecule has 2 aromatic heterocycles. The number of hydrogen-bond donors (Lipinski definition) is 3. The Kier molecular flexibility index (Phi) is 4.56. The lowest BCUT2D eigenvalue weighted by Gasteiger charge is -2.35. The molecule has 28 heavy (non-hydrogen) atoms. The number of fused-ring (bicyclic) bond motifs is 1. The van der Waals surface area contributed by atoms with Gasteiger partial charge in [0.05, 0.1) is 0 Å². The second-order valence-corrected chi connectivity index (χ2v) is 9.29. The summed E-state index contributed by atoms with van der Waals surface area (Å²) in [4.78, 5) is 33.9. The first-order valence-electron chi connectivity index (χ1n) is 10.0. The molecule has 1 atom stereocenters. The summed E-state index contributed by atoms with van der Waals surface area (Å²) in [6.45, 7) is 8.28. The maximum absolute atomic E-state index is 12.5. The van der Waals surface area contributed by atoms with Gasteiger partial charge in [0.15, 0.2) is 0 Å². The van der Waals surface area contributed by atoms with E-state index in [1.54, 1.807) is 12.4 Å². The zero-order chi connectivity index (χ0) is 19.9. The summed E-state index contributed by atoms with van der Waals surface area (Å²) in [5.74, 6) is 0.440. The largest absolute Gasteiger partial charge is 0.350 e. The van der Waals surface area contributed by atoms with Crippen molar-refractivity contribution < 1.29 is 9.59 Å². The summed E-state index contributed by atoms with van der Waals surface area (Å²) < 4.78 is 0. The van der Waals surface area contributed by atoms with E-state index in [2.05, 4.69) is 20.6 Å². The maximum atomic E-state index is 12.5. The molecule has 3 heterocycles. The molecule has 0 radical (unpaired) electrons. The fourth-order valence-electron chi connectivity index (χ4n) is 4.29. The number of likely N-dealkylation sites (tertiary alicyclic amines) is 1. The number of nitrogens with one attached hydrogen (secondary N) is 3. The average Bonchev–Trinajstić information content (AvgIpc) is 3.11. The Labute approximate surface area is 165 Å². The van der Waals surface area contributed by atoms with Crippen LogP contribution in [0.25, 0.3) is 10.9 Å². The lowest BCUT2D eigenvalue weighted by molar-refractivity contribution is 0.0944.